The van der Waals surface area contributed by atoms with E-state index in [4.69, 9.17) is 33.7 Å². The Morgan fingerprint density at radius 3 is 1.94 bits per heavy atom. The number of nitrogens with two attached hydrogens (primary N) is 1. The molecule has 0 aliphatic rings. The fourth-order valence-electron chi connectivity index (χ4n) is 4.35. The van der Waals surface area contributed by atoms with Crippen molar-refractivity contribution in [3.63, 3.8) is 0 Å². The van der Waals surface area contributed by atoms with Gasteiger partial charge in [0.2, 0.25) is 0 Å². The van der Waals surface area contributed by atoms with Crippen molar-refractivity contribution in [3.8, 4) is 0 Å². The van der Waals surface area contributed by atoms with Crippen molar-refractivity contribution in [1.29, 1.82) is 0 Å². The van der Waals surface area contributed by atoms with Gasteiger partial charge in [-0.25, -0.2) is 0 Å². The lowest BCUT2D eigenvalue weighted by Crippen LogP contribution is -2.39. The lowest BCUT2D eigenvalue weighted by Gasteiger charge is -2.33. The van der Waals surface area contributed by atoms with Crippen molar-refractivity contribution < 1.29 is 14.6 Å². The van der Waals surface area contributed by atoms with E-state index in [-0.39, 0.29) is 6.54 Å². The van der Waals surface area contributed by atoms with Gasteiger partial charge in [-0.1, -0.05) is 83.9 Å². The molecule has 0 heterocycles. The standard InChI is InChI=1S/C29H26Cl2N2O3/c1-36-28(35)29(20-7-12-23(30)13-8-20,21-9-14-24(31)15-10-21)22-11-16-25(32)26(17-22)33-18-27(34)19-5-3-2-4-6-19/h2-17,27,33-34H,18,32H2,1H3/t27-/m1/s1. The summed E-state index contributed by atoms with van der Waals surface area (Å²) >= 11 is 12.3. The number of aliphatic hydroxyl groups excluding tert-OH is 1. The number of benzene rings is 4. The van der Waals surface area contributed by atoms with Crippen molar-refractivity contribution >= 4 is 40.5 Å². The SMILES string of the molecule is COC(=O)C(c1ccc(Cl)cc1)(c1ccc(Cl)cc1)c1ccc(N)c(NC[C@@H](O)c2ccccc2)c1. The number of halogens is 2. The molecule has 0 amide bonds. The molecule has 0 radical (unpaired) electrons. The minimum atomic E-state index is -1.33. The van der Waals surface area contributed by atoms with Gasteiger partial charge in [-0.05, 0) is 58.7 Å². The first kappa shape index (κ1) is 25.6. The summed E-state index contributed by atoms with van der Waals surface area (Å²) in [5.74, 6) is -0.479. The van der Waals surface area contributed by atoms with Crippen molar-refractivity contribution in [3.05, 3.63) is 129 Å². The summed E-state index contributed by atoms with van der Waals surface area (Å²) in [6.07, 6.45) is -0.743. The molecular weight excluding hydrogens is 495 g/mol. The van der Waals surface area contributed by atoms with E-state index in [1.54, 1.807) is 60.7 Å². The fourth-order valence-corrected chi connectivity index (χ4v) is 4.60. The van der Waals surface area contributed by atoms with Crippen LogP contribution in [-0.2, 0) is 14.9 Å². The van der Waals surface area contributed by atoms with Gasteiger partial charge in [-0.2, -0.15) is 0 Å². The number of carbonyl (C=O) groups is 1. The zero-order valence-electron chi connectivity index (χ0n) is 19.6. The zero-order valence-corrected chi connectivity index (χ0v) is 21.1. The van der Waals surface area contributed by atoms with E-state index in [1.807, 2.05) is 36.4 Å². The van der Waals surface area contributed by atoms with Crippen LogP contribution < -0.4 is 11.1 Å². The summed E-state index contributed by atoms with van der Waals surface area (Å²) in [7, 11) is 1.36. The van der Waals surface area contributed by atoms with E-state index < -0.39 is 17.5 Å². The highest BCUT2D eigenvalue weighted by atomic mass is 35.5. The molecule has 0 bridgehead atoms. The number of esters is 1. The van der Waals surface area contributed by atoms with Gasteiger partial charge in [-0.3, -0.25) is 4.79 Å². The Bertz CT molecular complexity index is 1280. The third-order valence-electron chi connectivity index (χ3n) is 6.20. The number of ether oxygens (including phenoxy) is 1. The molecule has 0 aromatic heterocycles. The third kappa shape index (κ3) is 5.05. The Labute approximate surface area is 220 Å². The van der Waals surface area contributed by atoms with E-state index in [0.29, 0.717) is 38.1 Å². The van der Waals surface area contributed by atoms with Gasteiger partial charge in [0.15, 0.2) is 0 Å². The Hall–Kier alpha value is -3.51. The van der Waals surface area contributed by atoms with Crippen LogP contribution in [0.3, 0.4) is 0 Å². The molecule has 0 aliphatic heterocycles. The van der Waals surface area contributed by atoms with Crippen LogP contribution in [-0.4, -0.2) is 24.7 Å². The summed E-state index contributed by atoms with van der Waals surface area (Å²) in [4.78, 5) is 13.7. The van der Waals surface area contributed by atoms with Crippen molar-refractivity contribution in [2.24, 2.45) is 0 Å². The molecule has 0 aliphatic carbocycles. The van der Waals surface area contributed by atoms with Gasteiger partial charge in [0.05, 0.1) is 24.6 Å². The number of hydrogen-bond donors (Lipinski definition) is 3. The van der Waals surface area contributed by atoms with E-state index in [1.165, 1.54) is 7.11 Å². The number of aliphatic hydroxyl groups is 1. The second-order valence-corrected chi connectivity index (χ2v) is 9.24. The van der Waals surface area contributed by atoms with E-state index in [2.05, 4.69) is 5.32 Å². The smallest absolute Gasteiger partial charge is 0.325 e. The van der Waals surface area contributed by atoms with E-state index >= 15 is 0 Å². The second kappa shape index (κ2) is 11.0. The molecule has 4 N–H and O–H groups in total. The Kier molecular flexibility index (Phi) is 7.85. The van der Waals surface area contributed by atoms with Crippen LogP contribution in [0.1, 0.15) is 28.4 Å². The number of methoxy groups -OCH3 is 1. The molecule has 1 atom stereocenters. The first-order valence-electron chi connectivity index (χ1n) is 11.3. The summed E-state index contributed by atoms with van der Waals surface area (Å²) in [6.45, 7) is 0.227. The van der Waals surface area contributed by atoms with Crippen LogP contribution in [0.4, 0.5) is 11.4 Å². The van der Waals surface area contributed by atoms with Crippen LogP contribution in [0.2, 0.25) is 10.0 Å². The molecule has 184 valence electrons. The predicted molar refractivity (Wildman–Crippen MR) is 146 cm³/mol. The number of rotatable bonds is 8. The van der Waals surface area contributed by atoms with E-state index in [0.717, 1.165) is 5.56 Å². The molecule has 0 saturated carbocycles. The molecular formula is C29H26Cl2N2O3. The predicted octanol–water partition coefficient (Wildman–Crippen LogP) is 6.23. The summed E-state index contributed by atoms with van der Waals surface area (Å²) in [5, 5.41) is 15.0. The molecule has 4 rings (SSSR count). The number of nitrogen functional groups attached to an aromatic ring is 1. The largest absolute Gasteiger partial charge is 0.468 e. The first-order valence-corrected chi connectivity index (χ1v) is 12.1. The van der Waals surface area contributed by atoms with Crippen LogP contribution in [0.25, 0.3) is 0 Å². The number of nitrogens with one attached hydrogen (secondary N) is 1. The molecule has 5 nitrogen and oxygen atoms in total. The number of anilines is 2. The minimum absolute atomic E-state index is 0.227. The summed E-state index contributed by atoms with van der Waals surface area (Å²) < 4.78 is 5.37. The molecule has 7 heteroatoms. The van der Waals surface area contributed by atoms with Crippen molar-refractivity contribution in [2.45, 2.75) is 11.5 Å². The minimum Gasteiger partial charge on any atom is -0.468 e. The monoisotopic (exact) mass is 520 g/mol. The Morgan fingerprint density at radius 1 is 0.889 bits per heavy atom. The Balaban J connectivity index is 1.84. The molecule has 0 spiro atoms. The van der Waals surface area contributed by atoms with Crippen molar-refractivity contribution in [1.82, 2.24) is 0 Å². The fraction of sp³-hybridized carbons (Fsp3) is 0.138. The highest BCUT2D eigenvalue weighted by Crippen LogP contribution is 2.43. The van der Waals surface area contributed by atoms with Gasteiger partial charge in [-0.15, -0.1) is 0 Å². The molecule has 0 fully saturated rings. The van der Waals surface area contributed by atoms with Crippen LogP contribution in [0, 0.1) is 0 Å². The highest BCUT2D eigenvalue weighted by Gasteiger charge is 2.45. The Morgan fingerprint density at radius 2 is 1.42 bits per heavy atom. The highest BCUT2D eigenvalue weighted by molar-refractivity contribution is 6.30. The van der Waals surface area contributed by atoms with E-state index in [9.17, 15) is 9.90 Å². The van der Waals surface area contributed by atoms with Crippen LogP contribution in [0.5, 0.6) is 0 Å². The lowest BCUT2D eigenvalue weighted by molar-refractivity contribution is -0.144. The first-order chi connectivity index (χ1) is 17.4. The number of hydrogen-bond acceptors (Lipinski definition) is 5. The number of carbonyl (C=O) groups excluding carboxylic acids is 1. The molecule has 4 aromatic carbocycles. The quantitative estimate of drug-likeness (QED) is 0.146. The van der Waals surface area contributed by atoms with Crippen molar-refractivity contribution in [2.75, 3.05) is 24.7 Å². The molecule has 0 saturated heterocycles. The molecule has 36 heavy (non-hydrogen) atoms. The van der Waals surface area contributed by atoms with Gasteiger partial charge in [0.25, 0.3) is 0 Å². The van der Waals surface area contributed by atoms with Gasteiger partial charge >= 0.3 is 5.97 Å². The summed E-state index contributed by atoms with van der Waals surface area (Å²) in [6, 6.07) is 28.8. The zero-order chi connectivity index (χ0) is 25.7. The van der Waals surface area contributed by atoms with Gasteiger partial charge in [0, 0.05) is 16.6 Å². The van der Waals surface area contributed by atoms with Crippen LogP contribution in [0.15, 0.2) is 97.1 Å². The maximum atomic E-state index is 13.7. The summed E-state index contributed by atoms with van der Waals surface area (Å²) in [5.41, 5.74) is 8.77. The third-order valence-corrected chi connectivity index (χ3v) is 6.71. The average molecular weight is 521 g/mol. The normalized spacial score (nSPS) is 12.1. The van der Waals surface area contributed by atoms with Gasteiger partial charge in [0.1, 0.15) is 5.41 Å². The maximum absolute atomic E-state index is 13.7. The topological polar surface area (TPSA) is 84.6 Å². The molecule has 0 unspecified atom stereocenters. The van der Waals surface area contributed by atoms with Crippen LogP contribution >= 0.6 is 23.2 Å². The van der Waals surface area contributed by atoms with Gasteiger partial charge < -0.3 is 20.9 Å². The lowest BCUT2D eigenvalue weighted by atomic mass is 9.69. The average Bonchev–Trinajstić information content (AvgIpc) is 2.91. The molecule has 4 aromatic rings. The second-order valence-electron chi connectivity index (χ2n) is 8.36. The maximum Gasteiger partial charge on any atom is 0.325 e.